The number of nitrogens with two attached hydrogens (primary N) is 1. The predicted octanol–water partition coefficient (Wildman–Crippen LogP) is 1.63. The van der Waals surface area contributed by atoms with Crippen molar-refractivity contribution < 1.29 is 4.79 Å². The van der Waals surface area contributed by atoms with Crippen LogP contribution in [0.5, 0.6) is 0 Å². The zero-order chi connectivity index (χ0) is 12.3. The molecule has 86 valence electrons. The molecule has 0 saturated heterocycles. The molecule has 17 heavy (non-hydrogen) atoms. The molecule has 0 spiro atoms. The summed E-state index contributed by atoms with van der Waals surface area (Å²) >= 11 is 0. The van der Waals surface area contributed by atoms with E-state index < -0.39 is 6.03 Å². The maximum Gasteiger partial charge on any atom is 0.332 e. The van der Waals surface area contributed by atoms with Gasteiger partial charge in [0.2, 0.25) is 0 Å². The summed E-state index contributed by atoms with van der Waals surface area (Å²) in [5.74, 6) is 0. The lowest BCUT2D eigenvalue weighted by Gasteiger charge is -2.05. The van der Waals surface area contributed by atoms with Crippen LogP contribution < -0.4 is 11.2 Å². The first kappa shape index (κ1) is 11.1. The summed E-state index contributed by atoms with van der Waals surface area (Å²) in [7, 11) is 0. The number of hydrogen-bond donors (Lipinski definition) is 2. The van der Waals surface area contributed by atoms with Gasteiger partial charge in [0.25, 0.3) is 0 Å². The van der Waals surface area contributed by atoms with E-state index in [0.29, 0.717) is 5.71 Å². The highest BCUT2D eigenvalue weighted by molar-refractivity contribution is 6.09. The number of aromatic nitrogens is 1. The molecular weight excluding hydrogens is 216 g/mol. The Morgan fingerprint density at radius 3 is 3.00 bits per heavy atom. The molecule has 2 aromatic rings. The highest BCUT2D eigenvalue weighted by Crippen LogP contribution is 2.17. The van der Waals surface area contributed by atoms with E-state index in [-0.39, 0.29) is 0 Å². The molecule has 0 unspecified atom stereocenters. The molecule has 5 nitrogen and oxygen atoms in total. The Bertz CT molecular complexity index is 587. The van der Waals surface area contributed by atoms with Crippen LogP contribution in [0.25, 0.3) is 10.8 Å². The van der Waals surface area contributed by atoms with Crippen LogP contribution in [0.4, 0.5) is 4.79 Å². The van der Waals surface area contributed by atoms with Crippen LogP contribution in [0.3, 0.4) is 0 Å². The van der Waals surface area contributed by atoms with Crippen LogP contribution in [0.15, 0.2) is 41.8 Å². The number of rotatable bonds is 2. The molecule has 0 radical (unpaired) electrons. The molecule has 0 atom stereocenters. The Morgan fingerprint density at radius 1 is 1.41 bits per heavy atom. The third-order valence-corrected chi connectivity index (χ3v) is 2.40. The number of amides is 2. The van der Waals surface area contributed by atoms with E-state index >= 15 is 0 Å². The number of carbonyl (C=O) groups excluding carboxylic acids is 1. The van der Waals surface area contributed by atoms with Gasteiger partial charge in [-0.2, -0.15) is 5.10 Å². The topological polar surface area (TPSA) is 80.4 Å². The second-order valence-corrected chi connectivity index (χ2v) is 3.58. The number of hydrazone groups is 1. The van der Waals surface area contributed by atoms with Gasteiger partial charge >= 0.3 is 6.03 Å². The lowest BCUT2D eigenvalue weighted by atomic mass is 10.0. The standard InChI is InChI=1S/C12H12N4O/c1-8(15-16-12(13)17)10-4-2-3-9-7-14-6-5-11(9)10/h2-7H,1H3,(H3,13,16,17). The average Bonchev–Trinajstić information content (AvgIpc) is 2.35. The van der Waals surface area contributed by atoms with Gasteiger partial charge in [-0.05, 0) is 18.4 Å². The lowest BCUT2D eigenvalue weighted by molar-refractivity contribution is 0.249. The molecule has 0 aliphatic carbocycles. The second kappa shape index (κ2) is 4.61. The largest absolute Gasteiger partial charge is 0.350 e. The minimum absolute atomic E-state index is 0.675. The van der Waals surface area contributed by atoms with Gasteiger partial charge in [-0.1, -0.05) is 18.2 Å². The summed E-state index contributed by atoms with van der Waals surface area (Å²) in [4.78, 5) is 14.7. The van der Waals surface area contributed by atoms with Crippen LogP contribution in [0.2, 0.25) is 0 Å². The molecule has 3 N–H and O–H groups in total. The van der Waals surface area contributed by atoms with Crippen molar-refractivity contribution in [2.45, 2.75) is 6.92 Å². The van der Waals surface area contributed by atoms with Gasteiger partial charge in [0.15, 0.2) is 0 Å². The number of carbonyl (C=O) groups is 1. The van der Waals surface area contributed by atoms with Gasteiger partial charge in [-0.15, -0.1) is 0 Å². The van der Waals surface area contributed by atoms with E-state index in [1.807, 2.05) is 31.2 Å². The summed E-state index contributed by atoms with van der Waals surface area (Å²) in [6.45, 7) is 1.81. The fourth-order valence-corrected chi connectivity index (χ4v) is 1.64. The van der Waals surface area contributed by atoms with Crippen LogP contribution in [0, 0.1) is 0 Å². The molecule has 0 aliphatic rings. The van der Waals surface area contributed by atoms with Crippen molar-refractivity contribution in [3.8, 4) is 0 Å². The van der Waals surface area contributed by atoms with Crippen LogP contribution >= 0.6 is 0 Å². The maximum atomic E-state index is 10.6. The fraction of sp³-hybridized carbons (Fsp3) is 0.0833. The van der Waals surface area contributed by atoms with E-state index in [1.54, 1.807) is 12.4 Å². The normalized spacial score (nSPS) is 11.5. The molecule has 1 heterocycles. The number of pyridine rings is 1. The Hall–Kier alpha value is -2.43. The highest BCUT2D eigenvalue weighted by atomic mass is 16.2. The molecule has 1 aromatic carbocycles. The molecule has 2 amide bonds. The number of benzene rings is 1. The van der Waals surface area contributed by atoms with Crippen LogP contribution in [0.1, 0.15) is 12.5 Å². The Kier molecular flexibility index (Phi) is 3.00. The minimum atomic E-state index is -0.675. The van der Waals surface area contributed by atoms with Gasteiger partial charge in [0.05, 0.1) is 5.71 Å². The van der Waals surface area contributed by atoms with E-state index in [1.165, 1.54) is 0 Å². The summed E-state index contributed by atoms with van der Waals surface area (Å²) in [6.07, 6.45) is 3.51. The van der Waals surface area contributed by atoms with Gasteiger partial charge in [0.1, 0.15) is 0 Å². The van der Waals surface area contributed by atoms with Crippen LogP contribution in [-0.4, -0.2) is 16.7 Å². The smallest absolute Gasteiger partial charge is 0.332 e. The zero-order valence-electron chi connectivity index (χ0n) is 9.34. The molecule has 5 heteroatoms. The number of primary amides is 1. The Labute approximate surface area is 98.3 Å². The van der Waals surface area contributed by atoms with Crippen molar-refractivity contribution in [1.82, 2.24) is 10.4 Å². The number of hydrogen-bond acceptors (Lipinski definition) is 3. The first-order valence-electron chi connectivity index (χ1n) is 5.11. The summed E-state index contributed by atoms with van der Waals surface area (Å²) in [5.41, 5.74) is 8.82. The average molecular weight is 228 g/mol. The Morgan fingerprint density at radius 2 is 2.24 bits per heavy atom. The number of urea groups is 1. The first-order chi connectivity index (χ1) is 8.18. The van der Waals surface area contributed by atoms with Crippen molar-refractivity contribution in [1.29, 1.82) is 0 Å². The summed E-state index contributed by atoms with van der Waals surface area (Å²) in [6, 6.07) is 7.06. The van der Waals surface area contributed by atoms with Crippen molar-refractivity contribution in [2.24, 2.45) is 10.8 Å². The van der Waals surface area contributed by atoms with E-state index in [4.69, 9.17) is 5.73 Å². The predicted molar refractivity (Wildman–Crippen MR) is 66.7 cm³/mol. The van der Waals surface area contributed by atoms with E-state index in [0.717, 1.165) is 16.3 Å². The van der Waals surface area contributed by atoms with Gasteiger partial charge in [0, 0.05) is 23.3 Å². The van der Waals surface area contributed by atoms with Gasteiger partial charge in [-0.3, -0.25) is 4.98 Å². The molecule has 0 bridgehead atoms. The van der Waals surface area contributed by atoms with E-state index in [2.05, 4.69) is 15.5 Å². The Balaban J connectivity index is 2.48. The van der Waals surface area contributed by atoms with Crippen LogP contribution in [-0.2, 0) is 0 Å². The second-order valence-electron chi connectivity index (χ2n) is 3.58. The van der Waals surface area contributed by atoms with Crippen molar-refractivity contribution >= 4 is 22.5 Å². The zero-order valence-corrected chi connectivity index (χ0v) is 9.34. The van der Waals surface area contributed by atoms with Gasteiger partial charge in [-0.25, -0.2) is 10.2 Å². The number of nitrogens with one attached hydrogen (secondary N) is 1. The molecule has 0 saturated carbocycles. The molecule has 0 fully saturated rings. The monoisotopic (exact) mass is 228 g/mol. The third kappa shape index (κ3) is 2.39. The summed E-state index contributed by atoms with van der Waals surface area (Å²) < 4.78 is 0. The first-order valence-corrected chi connectivity index (χ1v) is 5.11. The molecular formula is C12H12N4O. The molecule has 2 rings (SSSR count). The minimum Gasteiger partial charge on any atom is -0.350 e. The fourth-order valence-electron chi connectivity index (χ4n) is 1.64. The number of fused-ring (bicyclic) bond motifs is 1. The number of nitrogens with zero attached hydrogens (tertiary/aromatic N) is 2. The van der Waals surface area contributed by atoms with Crippen molar-refractivity contribution in [2.75, 3.05) is 0 Å². The van der Waals surface area contributed by atoms with E-state index in [9.17, 15) is 4.79 Å². The van der Waals surface area contributed by atoms with Crippen molar-refractivity contribution in [3.05, 3.63) is 42.2 Å². The highest BCUT2D eigenvalue weighted by Gasteiger charge is 2.03. The SMILES string of the molecule is CC(=NNC(N)=O)c1cccc2cnccc12. The summed E-state index contributed by atoms with van der Waals surface area (Å²) in [5, 5.41) is 5.98. The molecule has 0 aliphatic heterocycles. The maximum absolute atomic E-state index is 10.6. The quantitative estimate of drug-likeness (QED) is 0.605. The third-order valence-electron chi connectivity index (χ3n) is 2.40. The molecule has 1 aromatic heterocycles. The van der Waals surface area contributed by atoms with Crippen molar-refractivity contribution in [3.63, 3.8) is 0 Å². The lowest BCUT2D eigenvalue weighted by Crippen LogP contribution is -2.25. The van der Waals surface area contributed by atoms with Gasteiger partial charge < -0.3 is 5.73 Å².